The molecule has 1 N–H and O–H groups in total. The van der Waals surface area contributed by atoms with Gasteiger partial charge in [-0.15, -0.1) is 0 Å². The third-order valence-corrected chi connectivity index (χ3v) is 4.85. The van der Waals surface area contributed by atoms with Gasteiger partial charge < -0.3 is 4.90 Å². The predicted octanol–water partition coefficient (Wildman–Crippen LogP) is 3.24. The lowest BCUT2D eigenvalue weighted by atomic mass is 10.0. The van der Waals surface area contributed by atoms with Crippen LogP contribution in [0.5, 0.6) is 0 Å². The van der Waals surface area contributed by atoms with E-state index in [0.717, 1.165) is 0 Å². The highest BCUT2D eigenvalue weighted by molar-refractivity contribution is 6.32. The van der Waals surface area contributed by atoms with E-state index in [1.54, 1.807) is 30.3 Å². The molecule has 1 fully saturated rings. The van der Waals surface area contributed by atoms with Gasteiger partial charge in [0.05, 0.1) is 18.3 Å². The molecule has 9 heteroatoms. The zero-order valence-corrected chi connectivity index (χ0v) is 14.6. The summed E-state index contributed by atoms with van der Waals surface area (Å²) in [6.45, 7) is 1.79. The van der Waals surface area contributed by atoms with Crippen molar-refractivity contribution in [3.63, 3.8) is 0 Å². The van der Waals surface area contributed by atoms with Crippen LogP contribution in [0.4, 0.5) is 18.9 Å². The molecule has 2 aromatic rings. The Hall–Kier alpha value is -2.06. The van der Waals surface area contributed by atoms with Gasteiger partial charge in [-0.3, -0.25) is 9.69 Å². The van der Waals surface area contributed by atoms with Crippen LogP contribution in [-0.2, 0) is 0 Å². The van der Waals surface area contributed by atoms with Gasteiger partial charge in [0.2, 0.25) is 0 Å². The van der Waals surface area contributed by atoms with Crippen molar-refractivity contribution in [2.24, 2.45) is 0 Å². The molecule has 1 aromatic carbocycles. The lowest BCUT2D eigenvalue weighted by Crippen LogP contribution is -2.48. The SMILES string of the molecule is O=c1[nH]ncc(N2CCN([C@H](CC(F)(F)F)c3ccccc3)CC2)c1Cl. The Morgan fingerprint density at radius 2 is 1.81 bits per heavy atom. The highest BCUT2D eigenvalue weighted by Gasteiger charge is 2.36. The van der Waals surface area contributed by atoms with Crippen LogP contribution in [0, 0.1) is 0 Å². The third-order valence-electron chi connectivity index (χ3n) is 4.48. The number of halogens is 4. The highest BCUT2D eigenvalue weighted by Crippen LogP contribution is 2.35. The molecule has 1 saturated heterocycles. The second kappa shape index (κ2) is 7.67. The standard InChI is InChI=1S/C17H18ClF3N4O/c18-15-14(11-22-23-16(15)26)25-8-6-24(7-9-25)13(10-17(19,20)21)12-4-2-1-3-5-12/h1-5,11,13H,6-10H2,(H,23,26)/t13-/m1/s1. The minimum atomic E-state index is -4.25. The van der Waals surface area contributed by atoms with E-state index in [1.807, 2.05) is 9.80 Å². The maximum atomic E-state index is 13.1. The van der Waals surface area contributed by atoms with Gasteiger partial charge >= 0.3 is 6.18 Å². The highest BCUT2D eigenvalue weighted by atomic mass is 35.5. The molecule has 2 heterocycles. The fourth-order valence-electron chi connectivity index (χ4n) is 3.22. The summed E-state index contributed by atoms with van der Waals surface area (Å²) in [5.41, 5.74) is 0.669. The zero-order valence-electron chi connectivity index (χ0n) is 13.8. The summed E-state index contributed by atoms with van der Waals surface area (Å²) in [6.07, 6.45) is -3.69. The molecule has 3 rings (SSSR count). The normalized spacial score (nSPS) is 17.3. The van der Waals surface area contributed by atoms with E-state index >= 15 is 0 Å². The van der Waals surface area contributed by atoms with Crippen LogP contribution in [0.25, 0.3) is 0 Å². The molecular weight excluding hydrogens is 369 g/mol. The number of alkyl halides is 3. The molecule has 140 valence electrons. The zero-order chi connectivity index (χ0) is 18.7. The summed E-state index contributed by atoms with van der Waals surface area (Å²) < 4.78 is 39.3. The van der Waals surface area contributed by atoms with Crippen molar-refractivity contribution in [3.8, 4) is 0 Å². The average Bonchev–Trinajstić information content (AvgIpc) is 2.62. The molecule has 0 saturated carbocycles. The Kier molecular flexibility index (Phi) is 5.52. The van der Waals surface area contributed by atoms with Crippen molar-refractivity contribution in [1.82, 2.24) is 15.1 Å². The van der Waals surface area contributed by atoms with Gasteiger partial charge in [0, 0.05) is 32.2 Å². The van der Waals surface area contributed by atoms with Crippen LogP contribution in [0.1, 0.15) is 18.0 Å². The lowest BCUT2D eigenvalue weighted by molar-refractivity contribution is -0.148. The maximum absolute atomic E-state index is 13.1. The summed E-state index contributed by atoms with van der Waals surface area (Å²) >= 11 is 6.02. The molecule has 0 aliphatic carbocycles. The molecule has 0 unspecified atom stereocenters. The van der Waals surface area contributed by atoms with E-state index in [-0.39, 0.29) is 5.02 Å². The van der Waals surface area contributed by atoms with Crippen LogP contribution in [0.15, 0.2) is 41.3 Å². The molecular formula is C17H18ClF3N4O. The first-order valence-corrected chi connectivity index (χ1v) is 8.57. The van der Waals surface area contributed by atoms with Crippen LogP contribution in [0.3, 0.4) is 0 Å². The Morgan fingerprint density at radius 3 is 2.42 bits per heavy atom. The summed E-state index contributed by atoms with van der Waals surface area (Å²) in [7, 11) is 0. The fraction of sp³-hybridized carbons (Fsp3) is 0.412. The van der Waals surface area contributed by atoms with E-state index in [2.05, 4.69) is 10.2 Å². The number of H-pyrrole nitrogens is 1. The van der Waals surface area contributed by atoms with Crippen molar-refractivity contribution in [3.05, 3.63) is 57.5 Å². The molecule has 5 nitrogen and oxygen atoms in total. The first-order valence-electron chi connectivity index (χ1n) is 8.19. The number of benzene rings is 1. The van der Waals surface area contributed by atoms with Gasteiger partial charge in [0.1, 0.15) is 5.02 Å². The first-order chi connectivity index (χ1) is 12.3. The van der Waals surface area contributed by atoms with Crippen LogP contribution < -0.4 is 10.5 Å². The molecule has 1 atom stereocenters. The van der Waals surface area contributed by atoms with E-state index < -0.39 is 24.2 Å². The van der Waals surface area contributed by atoms with Gasteiger partial charge in [-0.2, -0.15) is 18.3 Å². The molecule has 0 spiro atoms. The lowest BCUT2D eigenvalue weighted by Gasteiger charge is -2.40. The summed E-state index contributed by atoms with van der Waals surface area (Å²) in [5.74, 6) is 0. The summed E-state index contributed by atoms with van der Waals surface area (Å²) in [4.78, 5) is 15.3. The number of rotatable bonds is 4. The number of anilines is 1. The second-order valence-corrected chi connectivity index (χ2v) is 6.55. The Bertz CT molecular complexity index is 789. The van der Waals surface area contributed by atoms with Crippen molar-refractivity contribution in [2.45, 2.75) is 18.6 Å². The number of nitrogens with zero attached hydrogens (tertiary/aromatic N) is 3. The van der Waals surface area contributed by atoms with Crippen molar-refractivity contribution in [2.75, 3.05) is 31.1 Å². The quantitative estimate of drug-likeness (QED) is 0.876. The van der Waals surface area contributed by atoms with Gasteiger partial charge in [-0.05, 0) is 5.56 Å². The van der Waals surface area contributed by atoms with Gasteiger partial charge in [0.25, 0.3) is 5.56 Å². The minimum Gasteiger partial charge on any atom is -0.366 e. The van der Waals surface area contributed by atoms with E-state index in [1.165, 1.54) is 6.20 Å². The molecule has 26 heavy (non-hydrogen) atoms. The molecule has 1 aromatic heterocycles. The predicted molar refractivity (Wildman–Crippen MR) is 93.5 cm³/mol. The van der Waals surface area contributed by atoms with E-state index in [9.17, 15) is 18.0 Å². The van der Waals surface area contributed by atoms with Crippen molar-refractivity contribution >= 4 is 17.3 Å². The Labute approximate surface area is 153 Å². The smallest absolute Gasteiger partial charge is 0.366 e. The first kappa shape index (κ1) is 18.7. The number of hydrogen-bond donors (Lipinski definition) is 1. The molecule has 0 amide bonds. The van der Waals surface area contributed by atoms with Gasteiger partial charge in [0.15, 0.2) is 0 Å². The Balaban J connectivity index is 1.75. The Morgan fingerprint density at radius 1 is 1.15 bits per heavy atom. The van der Waals surface area contributed by atoms with E-state index in [0.29, 0.717) is 37.4 Å². The van der Waals surface area contributed by atoms with Crippen LogP contribution in [-0.4, -0.2) is 47.5 Å². The molecule has 0 radical (unpaired) electrons. The topological polar surface area (TPSA) is 52.2 Å². The molecule has 1 aliphatic rings. The van der Waals surface area contributed by atoms with E-state index in [4.69, 9.17) is 11.6 Å². The van der Waals surface area contributed by atoms with Gasteiger partial charge in [-0.1, -0.05) is 41.9 Å². The van der Waals surface area contributed by atoms with Gasteiger partial charge in [-0.25, -0.2) is 5.10 Å². The van der Waals surface area contributed by atoms with Crippen molar-refractivity contribution in [1.29, 1.82) is 0 Å². The molecule has 0 bridgehead atoms. The second-order valence-electron chi connectivity index (χ2n) is 6.17. The number of aromatic amines is 1. The summed E-state index contributed by atoms with van der Waals surface area (Å²) in [5, 5.41) is 6.04. The fourth-order valence-corrected chi connectivity index (χ4v) is 3.43. The van der Waals surface area contributed by atoms with Crippen LogP contribution in [0.2, 0.25) is 5.02 Å². The number of piperazine rings is 1. The minimum absolute atomic E-state index is 0.0448. The monoisotopic (exact) mass is 386 g/mol. The maximum Gasteiger partial charge on any atom is 0.390 e. The van der Waals surface area contributed by atoms with Crippen molar-refractivity contribution < 1.29 is 13.2 Å². The number of hydrogen-bond acceptors (Lipinski definition) is 4. The third kappa shape index (κ3) is 4.37. The largest absolute Gasteiger partial charge is 0.390 e. The number of aromatic nitrogens is 2. The van der Waals surface area contributed by atoms with Crippen LogP contribution >= 0.6 is 11.6 Å². The summed E-state index contributed by atoms with van der Waals surface area (Å²) in [6, 6.07) is 7.99. The molecule has 1 aliphatic heterocycles. The average molecular weight is 387 g/mol. The number of nitrogens with one attached hydrogen (secondary N) is 1.